The molecule has 0 unspecified atom stereocenters. The molecule has 0 N–H and O–H groups in total. The molecule has 1 aliphatic heterocycles. The summed E-state index contributed by atoms with van der Waals surface area (Å²) in [5.74, 6) is 2.59. The molecule has 2 heterocycles. The molecule has 1 atom stereocenters. The fourth-order valence-corrected chi connectivity index (χ4v) is 4.11. The number of hydrogen-bond acceptors (Lipinski definition) is 4. The van der Waals surface area contributed by atoms with Crippen molar-refractivity contribution in [1.82, 2.24) is 14.5 Å². The molecule has 4 rings (SSSR count). The van der Waals surface area contributed by atoms with Gasteiger partial charge in [-0.1, -0.05) is 31.2 Å². The van der Waals surface area contributed by atoms with Crippen LogP contribution in [0.5, 0.6) is 11.5 Å². The molecular weight excluding hydrogens is 366 g/mol. The van der Waals surface area contributed by atoms with Gasteiger partial charge in [-0.05, 0) is 37.1 Å². The van der Waals surface area contributed by atoms with E-state index in [1.165, 1.54) is 0 Å². The number of benzene rings is 2. The average molecular weight is 393 g/mol. The number of hydrogen-bond donors (Lipinski definition) is 0. The largest absolute Gasteiger partial charge is 0.493 e. The molecule has 0 bridgehead atoms. The number of aromatic nitrogens is 2. The summed E-state index contributed by atoms with van der Waals surface area (Å²) >= 11 is 0. The summed E-state index contributed by atoms with van der Waals surface area (Å²) in [5, 5.41) is 0. The molecule has 2 aromatic carbocycles. The molecule has 0 saturated carbocycles. The molecule has 1 aliphatic rings. The maximum Gasteiger partial charge on any atom is 0.222 e. The monoisotopic (exact) mass is 393 g/mol. The van der Waals surface area contributed by atoms with Crippen molar-refractivity contribution in [2.45, 2.75) is 38.8 Å². The molecule has 29 heavy (non-hydrogen) atoms. The summed E-state index contributed by atoms with van der Waals surface area (Å²) in [7, 11) is 1.64. The summed E-state index contributed by atoms with van der Waals surface area (Å²) in [5.41, 5.74) is 2.03. The first-order valence-electron chi connectivity index (χ1n) is 10.2. The standard InChI is InChI=1S/C23H27N3O3/c1-3-22(27)25-14-8-11-19(25)23-24-17-9-4-5-10-18(17)26(23)15-16-29-21-13-7-6-12-20(21)28-2/h4-7,9-10,12-13,19H,3,8,11,14-16H2,1-2H3/t19-/m1/s1. The summed E-state index contributed by atoms with van der Waals surface area (Å²) in [4.78, 5) is 19.3. The van der Waals surface area contributed by atoms with Crippen molar-refractivity contribution in [1.29, 1.82) is 0 Å². The second-order valence-corrected chi connectivity index (χ2v) is 7.21. The molecule has 1 saturated heterocycles. The summed E-state index contributed by atoms with van der Waals surface area (Å²) < 4.78 is 13.6. The van der Waals surface area contributed by atoms with E-state index in [2.05, 4.69) is 10.6 Å². The highest BCUT2D eigenvalue weighted by Gasteiger charge is 2.32. The Hall–Kier alpha value is -3.02. The Bertz CT molecular complexity index is 998. The highest BCUT2D eigenvalue weighted by molar-refractivity contribution is 5.78. The van der Waals surface area contributed by atoms with Gasteiger partial charge in [0.1, 0.15) is 12.4 Å². The number of para-hydroxylation sites is 4. The van der Waals surface area contributed by atoms with Crippen LogP contribution in [0.25, 0.3) is 11.0 Å². The zero-order valence-electron chi connectivity index (χ0n) is 17.0. The molecule has 6 heteroatoms. The minimum atomic E-state index is 0.0288. The molecule has 6 nitrogen and oxygen atoms in total. The van der Waals surface area contributed by atoms with Crippen molar-refractivity contribution >= 4 is 16.9 Å². The third kappa shape index (κ3) is 3.79. The first kappa shape index (κ1) is 19.3. The number of rotatable bonds is 7. The number of carbonyl (C=O) groups excluding carboxylic acids is 1. The van der Waals surface area contributed by atoms with Gasteiger partial charge in [0, 0.05) is 13.0 Å². The van der Waals surface area contributed by atoms with Crippen LogP contribution in [-0.4, -0.2) is 40.6 Å². The van der Waals surface area contributed by atoms with Crippen LogP contribution in [0.1, 0.15) is 38.1 Å². The molecule has 1 fully saturated rings. The van der Waals surface area contributed by atoms with Crippen LogP contribution in [0.15, 0.2) is 48.5 Å². The fourth-order valence-electron chi connectivity index (χ4n) is 4.11. The lowest BCUT2D eigenvalue weighted by molar-refractivity contribution is -0.131. The van der Waals surface area contributed by atoms with E-state index in [4.69, 9.17) is 14.5 Å². The number of carbonyl (C=O) groups is 1. The number of nitrogens with zero attached hydrogens (tertiary/aromatic N) is 3. The van der Waals surface area contributed by atoms with Gasteiger partial charge >= 0.3 is 0 Å². The van der Waals surface area contributed by atoms with Gasteiger partial charge in [-0.3, -0.25) is 4.79 Å². The van der Waals surface area contributed by atoms with Crippen LogP contribution in [0.4, 0.5) is 0 Å². The van der Waals surface area contributed by atoms with E-state index >= 15 is 0 Å². The predicted octanol–water partition coefficient (Wildman–Crippen LogP) is 4.20. The lowest BCUT2D eigenvalue weighted by Crippen LogP contribution is -2.31. The van der Waals surface area contributed by atoms with Crippen molar-refractivity contribution < 1.29 is 14.3 Å². The number of likely N-dealkylation sites (tertiary alicyclic amines) is 1. The number of methoxy groups -OCH3 is 1. The van der Waals surface area contributed by atoms with Crippen molar-refractivity contribution in [2.75, 3.05) is 20.3 Å². The Morgan fingerprint density at radius 1 is 1.14 bits per heavy atom. The Kier molecular flexibility index (Phi) is 5.69. The third-order valence-corrected chi connectivity index (χ3v) is 5.50. The van der Waals surface area contributed by atoms with Gasteiger partial charge in [-0.15, -0.1) is 0 Å². The zero-order chi connectivity index (χ0) is 20.2. The summed E-state index contributed by atoms with van der Waals surface area (Å²) in [6.07, 6.45) is 2.48. The Morgan fingerprint density at radius 3 is 2.69 bits per heavy atom. The molecule has 152 valence electrons. The zero-order valence-corrected chi connectivity index (χ0v) is 17.0. The molecule has 1 amide bonds. The van der Waals surface area contributed by atoms with Gasteiger partial charge in [-0.2, -0.15) is 0 Å². The van der Waals surface area contributed by atoms with Crippen LogP contribution < -0.4 is 9.47 Å². The van der Waals surface area contributed by atoms with E-state index in [0.717, 1.165) is 47.7 Å². The number of fused-ring (bicyclic) bond motifs is 1. The first-order chi connectivity index (χ1) is 14.2. The molecule has 0 radical (unpaired) electrons. The molecular formula is C23H27N3O3. The predicted molar refractivity (Wildman–Crippen MR) is 112 cm³/mol. The quantitative estimate of drug-likeness (QED) is 0.604. The topological polar surface area (TPSA) is 56.6 Å². The Morgan fingerprint density at radius 2 is 1.90 bits per heavy atom. The maximum atomic E-state index is 12.4. The van der Waals surface area contributed by atoms with E-state index < -0.39 is 0 Å². The van der Waals surface area contributed by atoms with Crippen molar-refractivity contribution in [3.05, 3.63) is 54.4 Å². The van der Waals surface area contributed by atoms with Gasteiger partial charge in [0.25, 0.3) is 0 Å². The van der Waals surface area contributed by atoms with Crippen molar-refractivity contribution in [3.63, 3.8) is 0 Å². The van der Waals surface area contributed by atoms with Gasteiger partial charge in [0.2, 0.25) is 5.91 Å². The van der Waals surface area contributed by atoms with Crippen molar-refractivity contribution in [2.24, 2.45) is 0 Å². The van der Waals surface area contributed by atoms with Gasteiger partial charge in [0.05, 0.1) is 30.7 Å². The highest BCUT2D eigenvalue weighted by atomic mass is 16.5. The molecule has 0 spiro atoms. The summed E-state index contributed by atoms with van der Waals surface area (Å²) in [6, 6.07) is 15.8. The SMILES string of the molecule is CCC(=O)N1CCC[C@@H]1c1nc2ccccc2n1CCOc1ccccc1OC. The first-order valence-corrected chi connectivity index (χ1v) is 10.2. The van der Waals surface area contributed by atoms with Gasteiger partial charge in [0.15, 0.2) is 11.5 Å². The fraction of sp³-hybridized carbons (Fsp3) is 0.391. The Balaban J connectivity index is 1.61. The lowest BCUT2D eigenvalue weighted by atomic mass is 10.2. The van der Waals surface area contributed by atoms with Crippen LogP contribution in [0.2, 0.25) is 0 Å². The van der Waals surface area contributed by atoms with Crippen LogP contribution in [0, 0.1) is 0 Å². The second kappa shape index (κ2) is 8.55. The van der Waals surface area contributed by atoms with Crippen molar-refractivity contribution in [3.8, 4) is 11.5 Å². The Labute approximate surface area is 171 Å². The molecule has 1 aromatic heterocycles. The second-order valence-electron chi connectivity index (χ2n) is 7.21. The molecule has 0 aliphatic carbocycles. The highest BCUT2D eigenvalue weighted by Crippen LogP contribution is 2.34. The van der Waals surface area contributed by atoms with E-state index in [1.54, 1.807) is 7.11 Å². The molecule has 3 aromatic rings. The average Bonchev–Trinajstić information content (AvgIpc) is 3.38. The number of imidazole rings is 1. The van der Waals surface area contributed by atoms with Crippen LogP contribution >= 0.6 is 0 Å². The minimum Gasteiger partial charge on any atom is -0.493 e. The maximum absolute atomic E-state index is 12.4. The lowest BCUT2D eigenvalue weighted by Gasteiger charge is -2.25. The van der Waals surface area contributed by atoms with Crippen LogP contribution in [-0.2, 0) is 11.3 Å². The van der Waals surface area contributed by atoms with E-state index in [9.17, 15) is 4.79 Å². The number of ether oxygens (including phenoxy) is 2. The minimum absolute atomic E-state index is 0.0288. The normalized spacial score (nSPS) is 16.3. The van der Waals surface area contributed by atoms with E-state index in [1.807, 2.05) is 54.3 Å². The smallest absolute Gasteiger partial charge is 0.222 e. The van der Waals surface area contributed by atoms with E-state index in [0.29, 0.717) is 19.6 Å². The summed E-state index contributed by atoms with van der Waals surface area (Å²) in [6.45, 7) is 3.86. The number of amides is 1. The third-order valence-electron chi connectivity index (χ3n) is 5.50. The van der Waals surface area contributed by atoms with E-state index in [-0.39, 0.29) is 11.9 Å². The van der Waals surface area contributed by atoms with Gasteiger partial charge < -0.3 is 18.9 Å². The van der Waals surface area contributed by atoms with Gasteiger partial charge in [-0.25, -0.2) is 4.98 Å². The van der Waals surface area contributed by atoms with Crippen LogP contribution in [0.3, 0.4) is 0 Å².